The van der Waals surface area contributed by atoms with Crippen LogP contribution in [-0.4, -0.2) is 24.5 Å². The van der Waals surface area contributed by atoms with Crippen LogP contribution in [0.15, 0.2) is 48.5 Å². The summed E-state index contributed by atoms with van der Waals surface area (Å²) in [5.41, 5.74) is 1.18. The lowest BCUT2D eigenvalue weighted by atomic mass is 10.2. The first kappa shape index (κ1) is 16.8. The largest absolute Gasteiger partial charge is 0.494 e. The first-order valence-electron chi connectivity index (χ1n) is 8.21. The Morgan fingerprint density at radius 1 is 1.24 bits per heavy atom. The van der Waals surface area contributed by atoms with Crippen LogP contribution in [0.5, 0.6) is 11.5 Å². The van der Waals surface area contributed by atoms with E-state index in [0.717, 1.165) is 5.75 Å². The molecule has 2 aromatic rings. The molecule has 130 valence electrons. The number of hydrogen-bond donors (Lipinski definition) is 2. The van der Waals surface area contributed by atoms with Crippen LogP contribution in [0.2, 0.25) is 0 Å². The molecular weight excluding hydrogens is 320 g/mol. The van der Waals surface area contributed by atoms with Gasteiger partial charge in [0.25, 0.3) is 5.91 Å². The number of fused-ring (bicyclic) bond motifs is 1. The molecule has 0 saturated carbocycles. The van der Waals surface area contributed by atoms with Gasteiger partial charge < -0.3 is 20.1 Å². The molecule has 1 aliphatic heterocycles. The summed E-state index contributed by atoms with van der Waals surface area (Å²) in [5.74, 6) is 1.09. The molecule has 2 aromatic carbocycles. The number of ether oxygens (including phenoxy) is 2. The number of para-hydroxylation sites is 1. The van der Waals surface area contributed by atoms with Crippen LogP contribution in [0.1, 0.15) is 19.8 Å². The average molecular weight is 340 g/mol. The van der Waals surface area contributed by atoms with Gasteiger partial charge in [-0.3, -0.25) is 9.59 Å². The first-order chi connectivity index (χ1) is 12.1. The molecule has 0 fully saturated rings. The van der Waals surface area contributed by atoms with Crippen molar-refractivity contribution in [2.24, 2.45) is 0 Å². The minimum atomic E-state index is -0.516. The predicted molar refractivity (Wildman–Crippen MR) is 95.0 cm³/mol. The molecule has 6 nitrogen and oxygen atoms in total. The zero-order chi connectivity index (χ0) is 17.6. The second-order valence-electron chi connectivity index (χ2n) is 5.77. The maximum Gasteiger partial charge on any atom is 0.265 e. The number of carbonyl (C=O) groups is 2. The Morgan fingerprint density at radius 2 is 2.04 bits per heavy atom. The number of hydrogen-bond acceptors (Lipinski definition) is 4. The van der Waals surface area contributed by atoms with Gasteiger partial charge in [-0.15, -0.1) is 0 Å². The Kier molecular flexibility index (Phi) is 5.18. The third kappa shape index (κ3) is 4.50. The summed E-state index contributed by atoms with van der Waals surface area (Å²) in [4.78, 5) is 23.7. The van der Waals surface area contributed by atoms with Crippen molar-refractivity contribution in [3.8, 4) is 11.5 Å². The van der Waals surface area contributed by atoms with E-state index in [9.17, 15) is 9.59 Å². The molecule has 0 radical (unpaired) electrons. The third-order valence-corrected chi connectivity index (χ3v) is 3.75. The number of anilines is 2. The fourth-order valence-electron chi connectivity index (χ4n) is 2.45. The number of benzene rings is 2. The standard InChI is InChI=1S/C19H20N2O4/c1-13-19(23)21-16-12-14(9-10-17(16)25-13)20-18(22)8-5-11-24-15-6-3-2-4-7-15/h2-4,6-7,9-10,12-13H,5,8,11H2,1H3,(H,20,22)(H,21,23)/t13-/m1/s1. The Labute approximate surface area is 146 Å². The summed E-state index contributed by atoms with van der Waals surface area (Å²) in [6.07, 6.45) is 0.449. The average Bonchev–Trinajstić information content (AvgIpc) is 2.61. The van der Waals surface area contributed by atoms with Crippen LogP contribution >= 0.6 is 0 Å². The molecule has 1 atom stereocenters. The molecule has 0 saturated heterocycles. The Hall–Kier alpha value is -3.02. The number of nitrogens with one attached hydrogen (secondary N) is 2. The van der Waals surface area contributed by atoms with Crippen molar-refractivity contribution in [1.82, 2.24) is 0 Å². The van der Waals surface area contributed by atoms with Gasteiger partial charge in [0.05, 0.1) is 12.3 Å². The van der Waals surface area contributed by atoms with Crippen molar-refractivity contribution in [3.63, 3.8) is 0 Å². The SMILES string of the molecule is C[C@H]1Oc2ccc(NC(=O)CCCOc3ccccc3)cc2NC1=O. The van der Waals surface area contributed by atoms with E-state index in [4.69, 9.17) is 9.47 Å². The quantitative estimate of drug-likeness (QED) is 0.792. The fraction of sp³-hybridized carbons (Fsp3) is 0.263. The molecule has 2 amide bonds. The Morgan fingerprint density at radius 3 is 2.84 bits per heavy atom. The molecule has 2 N–H and O–H groups in total. The van der Waals surface area contributed by atoms with Crippen molar-refractivity contribution in [2.45, 2.75) is 25.9 Å². The summed E-state index contributed by atoms with van der Waals surface area (Å²) in [6, 6.07) is 14.7. The first-order valence-corrected chi connectivity index (χ1v) is 8.21. The normalized spacial score (nSPS) is 15.6. The maximum atomic E-state index is 12.0. The highest BCUT2D eigenvalue weighted by Crippen LogP contribution is 2.32. The summed E-state index contributed by atoms with van der Waals surface area (Å²) < 4.78 is 11.0. The molecule has 25 heavy (non-hydrogen) atoms. The second kappa shape index (κ2) is 7.70. The molecule has 0 aliphatic carbocycles. The molecule has 1 aliphatic rings. The van der Waals surface area contributed by atoms with Crippen LogP contribution in [0, 0.1) is 0 Å². The fourth-order valence-corrected chi connectivity index (χ4v) is 2.45. The van der Waals surface area contributed by atoms with Crippen molar-refractivity contribution in [3.05, 3.63) is 48.5 Å². The van der Waals surface area contributed by atoms with E-state index < -0.39 is 6.10 Å². The van der Waals surface area contributed by atoms with Crippen LogP contribution in [0.3, 0.4) is 0 Å². The van der Waals surface area contributed by atoms with Crippen molar-refractivity contribution in [2.75, 3.05) is 17.2 Å². The highest BCUT2D eigenvalue weighted by atomic mass is 16.5. The molecule has 0 aromatic heterocycles. The molecular formula is C19H20N2O4. The molecule has 6 heteroatoms. The van der Waals surface area contributed by atoms with E-state index >= 15 is 0 Å². The van der Waals surface area contributed by atoms with Gasteiger partial charge in [-0.25, -0.2) is 0 Å². The monoisotopic (exact) mass is 340 g/mol. The van der Waals surface area contributed by atoms with E-state index in [2.05, 4.69) is 10.6 Å². The van der Waals surface area contributed by atoms with Gasteiger partial charge in [0, 0.05) is 12.1 Å². The van der Waals surface area contributed by atoms with Gasteiger partial charge >= 0.3 is 0 Å². The molecule has 0 unspecified atom stereocenters. The van der Waals surface area contributed by atoms with E-state index in [0.29, 0.717) is 36.6 Å². The van der Waals surface area contributed by atoms with Crippen molar-refractivity contribution >= 4 is 23.2 Å². The van der Waals surface area contributed by atoms with Gasteiger partial charge in [0.2, 0.25) is 5.91 Å². The van der Waals surface area contributed by atoms with Gasteiger partial charge in [-0.05, 0) is 43.7 Å². The number of carbonyl (C=O) groups excluding carboxylic acids is 2. The maximum absolute atomic E-state index is 12.0. The van der Waals surface area contributed by atoms with Gasteiger partial charge in [-0.2, -0.15) is 0 Å². The van der Waals surface area contributed by atoms with E-state index in [-0.39, 0.29) is 11.8 Å². The van der Waals surface area contributed by atoms with Crippen molar-refractivity contribution < 1.29 is 19.1 Å². The summed E-state index contributed by atoms with van der Waals surface area (Å²) in [5, 5.41) is 5.57. The minimum Gasteiger partial charge on any atom is -0.494 e. The molecule has 0 spiro atoms. The second-order valence-corrected chi connectivity index (χ2v) is 5.77. The van der Waals surface area contributed by atoms with Gasteiger partial charge in [0.1, 0.15) is 11.5 Å². The highest BCUT2D eigenvalue weighted by Gasteiger charge is 2.23. The Balaban J connectivity index is 1.47. The number of amides is 2. The van der Waals surface area contributed by atoms with Gasteiger partial charge in [0.15, 0.2) is 6.10 Å². The highest BCUT2D eigenvalue weighted by molar-refractivity contribution is 5.99. The smallest absolute Gasteiger partial charge is 0.265 e. The summed E-state index contributed by atoms with van der Waals surface area (Å²) in [6.45, 7) is 2.16. The van der Waals surface area contributed by atoms with Gasteiger partial charge in [-0.1, -0.05) is 18.2 Å². The van der Waals surface area contributed by atoms with E-state index in [1.54, 1.807) is 25.1 Å². The summed E-state index contributed by atoms with van der Waals surface area (Å²) in [7, 11) is 0. The predicted octanol–water partition coefficient (Wildman–Crippen LogP) is 3.20. The molecule has 0 bridgehead atoms. The zero-order valence-electron chi connectivity index (χ0n) is 14.0. The van der Waals surface area contributed by atoms with E-state index in [1.165, 1.54) is 0 Å². The lowest BCUT2D eigenvalue weighted by Gasteiger charge is -2.23. The number of rotatable bonds is 6. The van der Waals surface area contributed by atoms with Crippen LogP contribution < -0.4 is 20.1 Å². The zero-order valence-corrected chi connectivity index (χ0v) is 14.0. The lowest BCUT2D eigenvalue weighted by molar-refractivity contribution is -0.122. The van der Waals surface area contributed by atoms with E-state index in [1.807, 2.05) is 30.3 Å². The Bertz CT molecular complexity index is 761. The third-order valence-electron chi connectivity index (χ3n) is 3.75. The topological polar surface area (TPSA) is 76.7 Å². The van der Waals surface area contributed by atoms with Crippen LogP contribution in [0.4, 0.5) is 11.4 Å². The molecule has 3 rings (SSSR count). The minimum absolute atomic E-state index is 0.104. The van der Waals surface area contributed by atoms with Crippen LogP contribution in [-0.2, 0) is 9.59 Å². The summed E-state index contributed by atoms with van der Waals surface area (Å²) >= 11 is 0. The molecule has 1 heterocycles. The van der Waals surface area contributed by atoms with Crippen LogP contribution in [0.25, 0.3) is 0 Å². The van der Waals surface area contributed by atoms with Crippen molar-refractivity contribution in [1.29, 1.82) is 0 Å². The lowest BCUT2D eigenvalue weighted by Crippen LogP contribution is -2.34.